The molecule has 5 heteroatoms. The first-order valence-corrected chi connectivity index (χ1v) is 6.58. The molecule has 0 amide bonds. The quantitative estimate of drug-likeness (QED) is 0.875. The van der Waals surface area contributed by atoms with E-state index in [1.807, 2.05) is 6.92 Å². The third kappa shape index (κ3) is 2.34. The fourth-order valence-corrected chi connectivity index (χ4v) is 2.83. The molecule has 0 bridgehead atoms. The minimum absolute atomic E-state index is 0.429. The minimum atomic E-state index is -1.05. The van der Waals surface area contributed by atoms with E-state index in [0.29, 0.717) is 30.1 Å². The second-order valence-electron chi connectivity index (χ2n) is 4.76. The molecule has 0 saturated heterocycles. The Kier molecular flexibility index (Phi) is 3.76. The number of aliphatic hydroxyl groups is 2. The fraction of sp³-hybridized carbons (Fsp3) is 0.750. The molecule has 1 saturated carbocycles. The molecule has 1 aromatic heterocycles. The lowest BCUT2D eigenvalue weighted by molar-refractivity contribution is -0.102. The largest absolute Gasteiger partial charge is 0.387 e. The van der Waals surface area contributed by atoms with E-state index in [2.05, 4.69) is 5.10 Å². The normalized spacial score (nSPS) is 21.4. The summed E-state index contributed by atoms with van der Waals surface area (Å²) in [5, 5.41) is 25.4. The highest BCUT2D eigenvalue weighted by Crippen LogP contribution is 2.40. The molecule has 0 aliphatic heterocycles. The van der Waals surface area contributed by atoms with Gasteiger partial charge < -0.3 is 10.2 Å². The van der Waals surface area contributed by atoms with Crippen LogP contribution in [0.15, 0.2) is 6.20 Å². The van der Waals surface area contributed by atoms with E-state index in [1.54, 1.807) is 4.68 Å². The molecule has 0 radical (unpaired) electrons. The number of hydrogen-bond donors (Lipinski definition) is 2. The number of halogens is 1. The second kappa shape index (κ2) is 4.96. The van der Waals surface area contributed by atoms with Gasteiger partial charge in [-0.3, -0.25) is 4.68 Å². The molecule has 1 atom stereocenters. The maximum atomic E-state index is 10.5. The van der Waals surface area contributed by atoms with Gasteiger partial charge in [0, 0.05) is 6.54 Å². The van der Waals surface area contributed by atoms with Crippen molar-refractivity contribution in [2.75, 3.05) is 0 Å². The van der Waals surface area contributed by atoms with Gasteiger partial charge in [0.25, 0.3) is 0 Å². The van der Waals surface area contributed by atoms with Crippen LogP contribution in [0, 0.1) is 0 Å². The van der Waals surface area contributed by atoms with Crippen LogP contribution >= 0.6 is 11.6 Å². The van der Waals surface area contributed by atoms with Crippen LogP contribution in [0.4, 0.5) is 0 Å². The number of rotatable bonds is 3. The van der Waals surface area contributed by atoms with Gasteiger partial charge in [0.2, 0.25) is 0 Å². The van der Waals surface area contributed by atoms with Crippen molar-refractivity contribution in [1.29, 1.82) is 0 Å². The van der Waals surface area contributed by atoms with Gasteiger partial charge in [-0.2, -0.15) is 5.10 Å². The smallest absolute Gasteiger partial charge is 0.126 e. The maximum absolute atomic E-state index is 10.5. The Balaban J connectivity index is 2.28. The molecule has 96 valence electrons. The Hall–Kier alpha value is -0.580. The molecule has 1 aliphatic rings. The standard InChI is InChI=1S/C12H19ClN2O2/c1-2-15-10(9(13)8-14-15)11(16)12(17)6-4-3-5-7-12/h8,11,16-17H,2-7H2,1H3. The van der Waals surface area contributed by atoms with Gasteiger partial charge >= 0.3 is 0 Å². The molecule has 0 aromatic carbocycles. The second-order valence-corrected chi connectivity index (χ2v) is 5.17. The van der Waals surface area contributed by atoms with Crippen LogP contribution < -0.4 is 0 Å². The first kappa shape index (κ1) is 12.9. The zero-order valence-corrected chi connectivity index (χ0v) is 10.8. The minimum Gasteiger partial charge on any atom is -0.387 e. The van der Waals surface area contributed by atoms with Gasteiger partial charge in [0.1, 0.15) is 6.10 Å². The van der Waals surface area contributed by atoms with Crippen LogP contribution in [0.25, 0.3) is 0 Å². The molecule has 17 heavy (non-hydrogen) atoms. The topological polar surface area (TPSA) is 58.3 Å². The SMILES string of the molecule is CCn1ncc(Cl)c1C(O)C1(O)CCCCC1. The molecule has 1 aromatic rings. The summed E-state index contributed by atoms with van der Waals surface area (Å²) < 4.78 is 1.65. The predicted octanol–water partition coefficient (Wildman–Crippen LogP) is 2.29. The van der Waals surface area contributed by atoms with Crippen molar-refractivity contribution < 1.29 is 10.2 Å². The monoisotopic (exact) mass is 258 g/mol. The average Bonchev–Trinajstić information content (AvgIpc) is 2.70. The summed E-state index contributed by atoms with van der Waals surface area (Å²) in [6, 6.07) is 0. The third-order valence-corrected chi connectivity index (χ3v) is 3.91. The number of aromatic nitrogens is 2. The van der Waals surface area contributed by atoms with Crippen molar-refractivity contribution in [3.63, 3.8) is 0 Å². The van der Waals surface area contributed by atoms with E-state index in [1.165, 1.54) is 6.20 Å². The highest BCUT2D eigenvalue weighted by atomic mass is 35.5. The first-order valence-electron chi connectivity index (χ1n) is 6.20. The number of nitrogens with zero attached hydrogens (tertiary/aromatic N) is 2. The van der Waals surface area contributed by atoms with Crippen LogP contribution in [-0.4, -0.2) is 25.6 Å². The van der Waals surface area contributed by atoms with Crippen LogP contribution in [0.5, 0.6) is 0 Å². The van der Waals surface area contributed by atoms with Crippen molar-refractivity contribution in [2.24, 2.45) is 0 Å². The summed E-state index contributed by atoms with van der Waals surface area (Å²) in [5.41, 5.74) is -0.506. The van der Waals surface area contributed by atoms with Gasteiger partial charge in [-0.05, 0) is 19.8 Å². The molecular formula is C12H19ClN2O2. The van der Waals surface area contributed by atoms with Crippen LogP contribution in [0.2, 0.25) is 5.02 Å². The Morgan fingerprint density at radius 2 is 2.12 bits per heavy atom. The zero-order valence-electron chi connectivity index (χ0n) is 10.1. The van der Waals surface area contributed by atoms with Crippen LogP contribution in [0.3, 0.4) is 0 Å². The van der Waals surface area contributed by atoms with Gasteiger partial charge in [-0.25, -0.2) is 0 Å². The van der Waals surface area contributed by atoms with E-state index in [4.69, 9.17) is 11.6 Å². The number of aliphatic hydroxyl groups excluding tert-OH is 1. The molecule has 0 spiro atoms. The zero-order chi connectivity index (χ0) is 12.5. The highest BCUT2D eigenvalue weighted by Gasteiger charge is 2.40. The number of aryl methyl sites for hydroxylation is 1. The van der Waals surface area contributed by atoms with E-state index in [9.17, 15) is 10.2 Å². The van der Waals surface area contributed by atoms with E-state index in [-0.39, 0.29) is 0 Å². The van der Waals surface area contributed by atoms with Gasteiger partial charge in [0.15, 0.2) is 0 Å². The van der Waals surface area contributed by atoms with Gasteiger partial charge in [0.05, 0.1) is 22.5 Å². The lowest BCUT2D eigenvalue weighted by atomic mass is 9.79. The van der Waals surface area contributed by atoms with Crippen LogP contribution in [-0.2, 0) is 6.54 Å². The Morgan fingerprint density at radius 1 is 1.47 bits per heavy atom. The molecule has 1 heterocycles. The van der Waals surface area contributed by atoms with Gasteiger partial charge in [-0.15, -0.1) is 0 Å². The molecule has 1 fully saturated rings. The van der Waals surface area contributed by atoms with E-state index in [0.717, 1.165) is 19.3 Å². The van der Waals surface area contributed by atoms with Gasteiger partial charge in [-0.1, -0.05) is 30.9 Å². The Labute approximate surface area is 106 Å². The highest BCUT2D eigenvalue weighted by molar-refractivity contribution is 6.31. The predicted molar refractivity (Wildman–Crippen MR) is 65.9 cm³/mol. The fourth-order valence-electron chi connectivity index (χ4n) is 2.59. The van der Waals surface area contributed by atoms with Crippen molar-refractivity contribution in [1.82, 2.24) is 9.78 Å². The Morgan fingerprint density at radius 3 is 2.71 bits per heavy atom. The van der Waals surface area contributed by atoms with Crippen molar-refractivity contribution in [2.45, 2.75) is 57.3 Å². The summed E-state index contributed by atoms with van der Waals surface area (Å²) in [5.74, 6) is 0. The molecule has 1 aliphatic carbocycles. The molecular weight excluding hydrogens is 240 g/mol. The maximum Gasteiger partial charge on any atom is 0.126 e. The van der Waals surface area contributed by atoms with Crippen molar-refractivity contribution in [3.8, 4) is 0 Å². The molecule has 1 unspecified atom stereocenters. The number of hydrogen-bond acceptors (Lipinski definition) is 3. The summed E-state index contributed by atoms with van der Waals surface area (Å²) in [6.07, 6.45) is 4.85. The van der Waals surface area contributed by atoms with E-state index < -0.39 is 11.7 Å². The first-order chi connectivity index (χ1) is 8.08. The van der Waals surface area contributed by atoms with Crippen molar-refractivity contribution in [3.05, 3.63) is 16.9 Å². The Bertz CT molecular complexity index is 386. The summed E-state index contributed by atoms with van der Waals surface area (Å²) >= 11 is 6.05. The molecule has 4 nitrogen and oxygen atoms in total. The van der Waals surface area contributed by atoms with E-state index >= 15 is 0 Å². The average molecular weight is 259 g/mol. The molecule has 2 rings (SSSR count). The third-order valence-electron chi connectivity index (χ3n) is 3.62. The summed E-state index contributed by atoms with van der Waals surface area (Å²) in [7, 11) is 0. The summed E-state index contributed by atoms with van der Waals surface area (Å²) in [4.78, 5) is 0. The molecule has 2 N–H and O–H groups in total. The lowest BCUT2D eigenvalue weighted by Gasteiger charge is -2.36. The van der Waals surface area contributed by atoms with Crippen molar-refractivity contribution >= 4 is 11.6 Å². The summed E-state index contributed by atoms with van der Waals surface area (Å²) in [6.45, 7) is 2.57. The lowest BCUT2D eigenvalue weighted by Crippen LogP contribution is -2.39. The van der Waals surface area contributed by atoms with Crippen LogP contribution in [0.1, 0.15) is 50.8 Å².